The standard InChI is InChI=1S/C16H23N5/c1-3-7-18-15-9-13(12-5-6-12)19-16(20-15)14-10-17-11-21(14)8-4-2/h9-12H,3-8H2,1-2H3,(H,18,19,20). The summed E-state index contributed by atoms with van der Waals surface area (Å²) in [6.45, 7) is 6.21. The zero-order chi connectivity index (χ0) is 14.7. The zero-order valence-corrected chi connectivity index (χ0v) is 12.8. The van der Waals surface area contributed by atoms with Crippen LogP contribution in [0.4, 0.5) is 5.82 Å². The lowest BCUT2D eigenvalue weighted by Gasteiger charge is -2.10. The lowest BCUT2D eigenvalue weighted by molar-refractivity contribution is 0.681. The van der Waals surface area contributed by atoms with E-state index in [2.05, 4.69) is 39.8 Å². The van der Waals surface area contributed by atoms with Crippen molar-refractivity contribution in [1.82, 2.24) is 19.5 Å². The van der Waals surface area contributed by atoms with E-state index in [9.17, 15) is 0 Å². The predicted molar refractivity (Wildman–Crippen MR) is 84.3 cm³/mol. The van der Waals surface area contributed by atoms with E-state index in [0.29, 0.717) is 5.92 Å². The molecule has 0 aromatic carbocycles. The lowest BCUT2D eigenvalue weighted by atomic mass is 10.2. The quantitative estimate of drug-likeness (QED) is 0.846. The number of aromatic nitrogens is 4. The van der Waals surface area contributed by atoms with Crippen LogP contribution in [-0.2, 0) is 6.54 Å². The summed E-state index contributed by atoms with van der Waals surface area (Å²) in [7, 11) is 0. The highest BCUT2D eigenvalue weighted by molar-refractivity contribution is 5.53. The summed E-state index contributed by atoms with van der Waals surface area (Å²) >= 11 is 0. The summed E-state index contributed by atoms with van der Waals surface area (Å²) in [5.74, 6) is 2.36. The van der Waals surface area contributed by atoms with Gasteiger partial charge in [0.1, 0.15) is 11.5 Å². The van der Waals surface area contributed by atoms with Crippen molar-refractivity contribution in [2.75, 3.05) is 11.9 Å². The number of anilines is 1. The summed E-state index contributed by atoms with van der Waals surface area (Å²) in [6, 6.07) is 2.11. The van der Waals surface area contributed by atoms with Gasteiger partial charge in [-0.2, -0.15) is 0 Å². The average Bonchev–Trinajstić information content (AvgIpc) is 3.25. The Hall–Kier alpha value is -1.91. The van der Waals surface area contributed by atoms with Gasteiger partial charge in [-0.05, 0) is 25.7 Å². The molecule has 0 aliphatic heterocycles. The third kappa shape index (κ3) is 3.23. The van der Waals surface area contributed by atoms with Crippen molar-refractivity contribution in [2.24, 2.45) is 0 Å². The fourth-order valence-electron chi connectivity index (χ4n) is 2.44. The van der Waals surface area contributed by atoms with E-state index in [4.69, 9.17) is 4.98 Å². The third-order valence-electron chi connectivity index (χ3n) is 3.70. The molecule has 0 bridgehead atoms. The van der Waals surface area contributed by atoms with Crippen LogP contribution in [0.25, 0.3) is 11.5 Å². The van der Waals surface area contributed by atoms with Gasteiger partial charge in [0.25, 0.3) is 0 Å². The molecule has 1 aliphatic rings. The van der Waals surface area contributed by atoms with Crippen LogP contribution in [0, 0.1) is 0 Å². The topological polar surface area (TPSA) is 55.6 Å². The normalized spacial score (nSPS) is 14.4. The molecular formula is C16H23N5. The van der Waals surface area contributed by atoms with Crippen LogP contribution >= 0.6 is 0 Å². The largest absolute Gasteiger partial charge is 0.370 e. The van der Waals surface area contributed by atoms with Crippen LogP contribution in [0.5, 0.6) is 0 Å². The van der Waals surface area contributed by atoms with Gasteiger partial charge in [-0.1, -0.05) is 13.8 Å². The first-order valence-electron chi connectivity index (χ1n) is 7.95. The summed E-state index contributed by atoms with van der Waals surface area (Å²) in [6.07, 6.45) is 8.39. The highest BCUT2D eigenvalue weighted by Gasteiger charge is 2.26. The fraction of sp³-hybridized carbons (Fsp3) is 0.562. The molecule has 2 heterocycles. The van der Waals surface area contributed by atoms with Gasteiger partial charge in [-0.25, -0.2) is 15.0 Å². The van der Waals surface area contributed by atoms with Crippen LogP contribution < -0.4 is 5.32 Å². The van der Waals surface area contributed by atoms with Crippen LogP contribution in [0.3, 0.4) is 0 Å². The summed E-state index contributed by atoms with van der Waals surface area (Å²) in [5, 5.41) is 3.39. The number of hydrogen-bond acceptors (Lipinski definition) is 4. The zero-order valence-electron chi connectivity index (χ0n) is 12.8. The van der Waals surface area contributed by atoms with Crippen LogP contribution in [0.15, 0.2) is 18.6 Å². The Morgan fingerprint density at radius 2 is 2.10 bits per heavy atom. The minimum atomic E-state index is 0.622. The van der Waals surface area contributed by atoms with Gasteiger partial charge >= 0.3 is 0 Å². The van der Waals surface area contributed by atoms with Crippen molar-refractivity contribution in [3.8, 4) is 11.5 Å². The first-order valence-corrected chi connectivity index (χ1v) is 7.95. The Bertz CT molecular complexity index is 600. The number of nitrogens with zero attached hydrogens (tertiary/aromatic N) is 4. The van der Waals surface area contributed by atoms with E-state index in [1.807, 2.05) is 12.5 Å². The average molecular weight is 285 g/mol. The smallest absolute Gasteiger partial charge is 0.180 e. The van der Waals surface area contributed by atoms with Gasteiger partial charge in [0, 0.05) is 30.8 Å². The second-order valence-electron chi connectivity index (χ2n) is 5.67. The maximum Gasteiger partial charge on any atom is 0.180 e. The monoisotopic (exact) mass is 285 g/mol. The van der Waals surface area contributed by atoms with E-state index in [-0.39, 0.29) is 0 Å². The molecule has 1 saturated carbocycles. The van der Waals surface area contributed by atoms with E-state index in [0.717, 1.165) is 43.3 Å². The molecule has 1 aliphatic carbocycles. The number of nitrogens with one attached hydrogen (secondary N) is 1. The van der Waals surface area contributed by atoms with Gasteiger partial charge < -0.3 is 9.88 Å². The van der Waals surface area contributed by atoms with Crippen molar-refractivity contribution in [3.05, 3.63) is 24.3 Å². The first-order chi connectivity index (χ1) is 10.3. The van der Waals surface area contributed by atoms with Gasteiger partial charge in [-0.3, -0.25) is 0 Å². The molecule has 112 valence electrons. The van der Waals surface area contributed by atoms with Crippen molar-refractivity contribution < 1.29 is 0 Å². The fourth-order valence-corrected chi connectivity index (χ4v) is 2.44. The molecule has 5 nitrogen and oxygen atoms in total. The highest BCUT2D eigenvalue weighted by atomic mass is 15.1. The minimum Gasteiger partial charge on any atom is -0.370 e. The molecule has 0 amide bonds. The molecule has 0 radical (unpaired) electrons. The van der Waals surface area contributed by atoms with Crippen LogP contribution in [0.1, 0.15) is 51.1 Å². The minimum absolute atomic E-state index is 0.622. The first kappa shape index (κ1) is 14.0. The van der Waals surface area contributed by atoms with Gasteiger partial charge in [-0.15, -0.1) is 0 Å². The summed E-state index contributed by atoms with van der Waals surface area (Å²) in [4.78, 5) is 13.7. The van der Waals surface area contributed by atoms with E-state index in [1.54, 1.807) is 0 Å². The van der Waals surface area contributed by atoms with Crippen molar-refractivity contribution in [2.45, 2.75) is 52.0 Å². The van der Waals surface area contributed by atoms with E-state index < -0.39 is 0 Å². The molecular weight excluding hydrogens is 262 g/mol. The maximum absolute atomic E-state index is 4.78. The lowest BCUT2D eigenvalue weighted by Crippen LogP contribution is -2.07. The molecule has 0 unspecified atom stereocenters. The van der Waals surface area contributed by atoms with Crippen LogP contribution in [0.2, 0.25) is 0 Å². The number of rotatable bonds is 7. The molecule has 21 heavy (non-hydrogen) atoms. The molecule has 2 aromatic heterocycles. The Morgan fingerprint density at radius 1 is 1.24 bits per heavy atom. The maximum atomic E-state index is 4.78. The van der Waals surface area contributed by atoms with E-state index in [1.165, 1.54) is 18.5 Å². The third-order valence-corrected chi connectivity index (χ3v) is 3.70. The molecule has 0 saturated heterocycles. The second-order valence-corrected chi connectivity index (χ2v) is 5.67. The Labute approximate surface area is 125 Å². The molecule has 0 atom stereocenters. The molecule has 5 heteroatoms. The highest BCUT2D eigenvalue weighted by Crippen LogP contribution is 2.40. The molecule has 0 spiro atoms. The van der Waals surface area contributed by atoms with Crippen LogP contribution in [-0.4, -0.2) is 26.1 Å². The Balaban J connectivity index is 1.95. The Kier molecular flexibility index (Phi) is 4.18. The summed E-state index contributed by atoms with van der Waals surface area (Å²) in [5.41, 5.74) is 2.18. The molecule has 1 N–H and O–H groups in total. The molecule has 1 fully saturated rings. The number of hydrogen-bond donors (Lipinski definition) is 1. The SMILES string of the molecule is CCCNc1cc(C2CC2)nc(-c2cncn2CCC)n1. The predicted octanol–water partition coefficient (Wildman–Crippen LogP) is 3.45. The number of aryl methyl sites for hydroxylation is 1. The number of imidazole rings is 1. The van der Waals surface area contributed by atoms with E-state index >= 15 is 0 Å². The Morgan fingerprint density at radius 3 is 2.81 bits per heavy atom. The molecule has 3 rings (SSSR count). The van der Waals surface area contributed by atoms with Gasteiger partial charge in [0.2, 0.25) is 0 Å². The van der Waals surface area contributed by atoms with Gasteiger partial charge in [0.05, 0.1) is 12.5 Å². The summed E-state index contributed by atoms with van der Waals surface area (Å²) < 4.78 is 2.13. The van der Waals surface area contributed by atoms with Crippen molar-refractivity contribution >= 4 is 5.82 Å². The molecule has 2 aromatic rings. The second kappa shape index (κ2) is 6.24. The van der Waals surface area contributed by atoms with Gasteiger partial charge in [0.15, 0.2) is 5.82 Å². The van der Waals surface area contributed by atoms with Crippen molar-refractivity contribution in [3.63, 3.8) is 0 Å². The van der Waals surface area contributed by atoms with Crippen molar-refractivity contribution in [1.29, 1.82) is 0 Å².